The molecule has 0 saturated heterocycles. The van der Waals surface area contributed by atoms with E-state index in [9.17, 15) is 9.59 Å². The number of hydrogen-bond acceptors (Lipinski definition) is 3. The number of hydrogen-bond donors (Lipinski definition) is 1. The largest absolute Gasteiger partial charge is 0.480 e. The molecule has 2 aromatic rings. The van der Waals surface area contributed by atoms with Crippen molar-refractivity contribution in [3.63, 3.8) is 0 Å². The first kappa shape index (κ1) is 17.6. The highest BCUT2D eigenvalue weighted by atomic mass is 16.6. The van der Waals surface area contributed by atoms with Crippen molar-refractivity contribution in [1.82, 2.24) is 4.90 Å². The van der Waals surface area contributed by atoms with Crippen molar-refractivity contribution < 1.29 is 19.4 Å². The first-order valence-corrected chi connectivity index (χ1v) is 8.32. The van der Waals surface area contributed by atoms with Crippen molar-refractivity contribution in [3.8, 4) is 23.5 Å². The zero-order chi connectivity index (χ0) is 18.7. The Morgan fingerprint density at radius 3 is 2.19 bits per heavy atom. The number of ether oxygens (including phenoxy) is 1. The van der Waals surface area contributed by atoms with Gasteiger partial charge in [-0.1, -0.05) is 54.5 Å². The molecule has 0 aromatic heterocycles. The third-order valence-electron chi connectivity index (χ3n) is 4.66. The fourth-order valence-electron chi connectivity index (χ4n) is 3.27. The Labute approximate surface area is 152 Å². The van der Waals surface area contributed by atoms with Crippen molar-refractivity contribution in [2.24, 2.45) is 0 Å². The Kier molecular flexibility index (Phi) is 4.94. The Hall–Kier alpha value is -3.26. The lowest BCUT2D eigenvalue weighted by Crippen LogP contribution is -2.44. The summed E-state index contributed by atoms with van der Waals surface area (Å²) in [6.07, 6.45) is 4.54. The van der Waals surface area contributed by atoms with E-state index in [1.54, 1.807) is 0 Å². The third-order valence-corrected chi connectivity index (χ3v) is 4.66. The second-order valence-electron chi connectivity index (χ2n) is 6.15. The van der Waals surface area contributed by atoms with Gasteiger partial charge in [-0.3, -0.25) is 4.90 Å². The van der Waals surface area contributed by atoms with E-state index >= 15 is 0 Å². The molecule has 0 radical (unpaired) electrons. The van der Waals surface area contributed by atoms with Gasteiger partial charge in [-0.05, 0) is 29.2 Å². The molecule has 1 amide bonds. The smallest absolute Gasteiger partial charge is 0.411 e. The van der Waals surface area contributed by atoms with Crippen LogP contribution in [0.3, 0.4) is 0 Å². The standard InChI is InChI=1S/C21H19NO4/c1-3-12-22(14(2)20(23)24)21(25)26-13-19-17-10-6-4-8-15(17)16-9-5-7-11-18(16)19/h1,4-11,14,19H,12-13H2,2H3,(H,23,24)/t14-/m0/s1. The number of carboxylic acids is 1. The van der Waals surface area contributed by atoms with E-state index in [0.717, 1.165) is 27.2 Å². The zero-order valence-corrected chi connectivity index (χ0v) is 14.4. The van der Waals surface area contributed by atoms with Crippen molar-refractivity contribution in [2.75, 3.05) is 13.2 Å². The predicted octanol–water partition coefficient (Wildman–Crippen LogP) is 3.34. The minimum atomic E-state index is -1.13. The first-order valence-electron chi connectivity index (χ1n) is 8.32. The highest BCUT2D eigenvalue weighted by Gasteiger charge is 2.31. The molecule has 0 saturated carbocycles. The van der Waals surface area contributed by atoms with E-state index in [1.807, 2.05) is 48.5 Å². The van der Waals surface area contributed by atoms with Gasteiger partial charge < -0.3 is 9.84 Å². The second kappa shape index (κ2) is 7.32. The van der Waals surface area contributed by atoms with Gasteiger partial charge in [0.15, 0.2) is 0 Å². The molecule has 0 heterocycles. The lowest BCUT2D eigenvalue weighted by Gasteiger charge is -2.24. The minimum absolute atomic E-state index is 0.0841. The van der Waals surface area contributed by atoms with Gasteiger partial charge in [0, 0.05) is 5.92 Å². The Morgan fingerprint density at radius 2 is 1.69 bits per heavy atom. The number of carboxylic acid groups (broad SMARTS) is 1. The summed E-state index contributed by atoms with van der Waals surface area (Å²) in [6.45, 7) is 1.41. The fourth-order valence-corrected chi connectivity index (χ4v) is 3.27. The summed E-state index contributed by atoms with van der Waals surface area (Å²) >= 11 is 0. The number of terminal acetylenes is 1. The maximum atomic E-state index is 12.4. The molecule has 0 fully saturated rings. The highest BCUT2D eigenvalue weighted by molar-refractivity contribution is 5.81. The molecule has 3 rings (SSSR count). The Balaban J connectivity index is 1.80. The number of carbonyl (C=O) groups excluding carboxylic acids is 1. The van der Waals surface area contributed by atoms with Crippen LogP contribution in [0.15, 0.2) is 48.5 Å². The summed E-state index contributed by atoms with van der Waals surface area (Å²) in [6, 6.07) is 15.0. The number of nitrogens with zero attached hydrogens (tertiary/aromatic N) is 1. The van der Waals surface area contributed by atoms with Crippen LogP contribution in [0.1, 0.15) is 24.0 Å². The van der Waals surface area contributed by atoms with Gasteiger partial charge in [0.05, 0.1) is 6.54 Å². The van der Waals surface area contributed by atoms with Gasteiger partial charge in [0.2, 0.25) is 0 Å². The SMILES string of the molecule is C#CCN(C(=O)OCC1c2ccccc2-c2ccccc21)[C@@H](C)C(=O)O. The maximum Gasteiger partial charge on any atom is 0.411 e. The molecule has 1 N–H and O–H groups in total. The molecule has 0 unspecified atom stereocenters. The first-order chi connectivity index (χ1) is 12.5. The summed E-state index contributed by atoms with van der Waals surface area (Å²) < 4.78 is 5.45. The maximum absolute atomic E-state index is 12.4. The molecule has 26 heavy (non-hydrogen) atoms. The van der Waals surface area contributed by atoms with Gasteiger partial charge in [-0.2, -0.15) is 0 Å². The molecule has 5 heteroatoms. The Bertz CT molecular complexity index is 838. The van der Waals surface area contributed by atoms with Crippen LogP contribution in [0.2, 0.25) is 0 Å². The van der Waals surface area contributed by atoms with E-state index in [0.29, 0.717) is 0 Å². The average Bonchev–Trinajstić information content (AvgIpc) is 2.97. The number of amides is 1. The summed E-state index contributed by atoms with van der Waals surface area (Å²) in [5.41, 5.74) is 4.44. The van der Waals surface area contributed by atoms with Crippen LogP contribution in [0.5, 0.6) is 0 Å². The molecule has 0 bridgehead atoms. The van der Waals surface area contributed by atoms with Crippen molar-refractivity contribution in [1.29, 1.82) is 0 Å². The van der Waals surface area contributed by atoms with Crippen molar-refractivity contribution in [2.45, 2.75) is 18.9 Å². The van der Waals surface area contributed by atoms with E-state index in [-0.39, 0.29) is 19.1 Å². The predicted molar refractivity (Wildman–Crippen MR) is 97.7 cm³/mol. The van der Waals surface area contributed by atoms with Gasteiger partial charge in [0.1, 0.15) is 12.6 Å². The lowest BCUT2D eigenvalue weighted by atomic mass is 9.98. The van der Waals surface area contributed by atoms with Gasteiger partial charge in [-0.25, -0.2) is 9.59 Å². The number of aliphatic carboxylic acids is 1. The molecule has 132 valence electrons. The van der Waals surface area contributed by atoms with Crippen molar-refractivity contribution in [3.05, 3.63) is 59.7 Å². The lowest BCUT2D eigenvalue weighted by molar-refractivity contribution is -0.141. The van der Waals surface area contributed by atoms with Crippen LogP contribution >= 0.6 is 0 Å². The molecule has 1 aliphatic rings. The topological polar surface area (TPSA) is 66.8 Å². The number of benzene rings is 2. The molecule has 2 aromatic carbocycles. The fraction of sp³-hybridized carbons (Fsp3) is 0.238. The molecule has 1 aliphatic carbocycles. The van der Waals surface area contributed by atoms with E-state index in [1.165, 1.54) is 6.92 Å². The molecular formula is C21H19NO4. The monoisotopic (exact) mass is 349 g/mol. The van der Waals surface area contributed by atoms with Crippen LogP contribution in [-0.2, 0) is 9.53 Å². The zero-order valence-electron chi connectivity index (χ0n) is 14.4. The Morgan fingerprint density at radius 1 is 1.15 bits per heavy atom. The van der Waals surface area contributed by atoms with Crippen LogP contribution in [-0.4, -0.2) is 41.3 Å². The minimum Gasteiger partial charge on any atom is -0.480 e. The van der Waals surface area contributed by atoms with E-state index < -0.39 is 18.1 Å². The van der Waals surface area contributed by atoms with Gasteiger partial charge >= 0.3 is 12.1 Å². The van der Waals surface area contributed by atoms with Gasteiger partial charge in [-0.15, -0.1) is 6.42 Å². The number of rotatable bonds is 5. The van der Waals surface area contributed by atoms with E-state index in [4.69, 9.17) is 16.3 Å². The van der Waals surface area contributed by atoms with Crippen LogP contribution in [0.4, 0.5) is 4.79 Å². The average molecular weight is 349 g/mol. The van der Waals surface area contributed by atoms with Crippen LogP contribution in [0, 0.1) is 12.3 Å². The highest BCUT2D eigenvalue weighted by Crippen LogP contribution is 2.44. The summed E-state index contributed by atoms with van der Waals surface area (Å²) in [7, 11) is 0. The number of carbonyl (C=O) groups is 2. The van der Waals surface area contributed by atoms with Gasteiger partial charge in [0.25, 0.3) is 0 Å². The molecular weight excluding hydrogens is 330 g/mol. The molecule has 1 atom stereocenters. The van der Waals surface area contributed by atoms with E-state index in [2.05, 4.69) is 5.92 Å². The van der Waals surface area contributed by atoms with Crippen LogP contribution in [0.25, 0.3) is 11.1 Å². The summed E-state index contributed by atoms with van der Waals surface area (Å²) in [5, 5.41) is 9.15. The van der Waals surface area contributed by atoms with Crippen molar-refractivity contribution >= 4 is 12.1 Å². The second-order valence-corrected chi connectivity index (χ2v) is 6.15. The molecule has 0 spiro atoms. The third kappa shape index (κ3) is 3.14. The van der Waals surface area contributed by atoms with Crippen LogP contribution < -0.4 is 0 Å². The summed E-state index contributed by atoms with van der Waals surface area (Å²) in [4.78, 5) is 24.6. The normalized spacial score (nSPS) is 13.2. The summed E-state index contributed by atoms with van der Waals surface area (Å²) in [5.74, 6) is 1.09. The molecule has 5 nitrogen and oxygen atoms in total. The number of fused-ring (bicyclic) bond motifs is 3. The quantitative estimate of drug-likeness (QED) is 0.841. The molecule has 0 aliphatic heterocycles.